The minimum Gasteiger partial charge on any atom is -0.481 e. The first-order valence-electron chi connectivity index (χ1n) is 7.90. The molecule has 0 saturated heterocycles. The van der Waals surface area contributed by atoms with Crippen molar-refractivity contribution in [1.82, 2.24) is 10.2 Å². The number of nitrogens with one attached hydrogen (secondary N) is 1. The van der Waals surface area contributed by atoms with Crippen LogP contribution in [0.2, 0.25) is 0 Å². The first-order valence-corrected chi connectivity index (χ1v) is 7.90. The highest BCUT2D eigenvalue weighted by molar-refractivity contribution is 5.75. The molecule has 20 heavy (non-hydrogen) atoms. The highest BCUT2D eigenvalue weighted by Gasteiger charge is 2.34. The van der Waals surface area contributed by atoms with Gasteiger partial charge in [0.15, 0.2) is 0 Å². The average molecular weight is 280 g/mol. The Kier molecular flexibility index (Phi) is 3.85. The molecular weight excluding hydrogens is 256 g/mol. The minimum atomic E-state index is -0.727. The maximum atomic E-state index is 12.4. The molecule has 0 unspecified atom stereocenters. The van der Waals surface area contributed by atoms with Gasteiger partial charge in [0, 0.05) is 19.1 Å². The summed E-state index contributed by atoms with van der Waals surface area (Å²) in [6.45, 7) is 1.77. The Hall–Kier alpha value is -1.26. The second kappa shape index (κ2) is 5.62. The topological polar surface area (TPSA) is 69.6 Å². The van der Waals surface area contributed by atoms with Gasteiger partial charge < -0.3 is 15.3 Å². The van der Waals surface area contributed by atoms with Crippen molar-refractivity contribution in [3.05, 3.63) is 0 Å². The van der Waals surface area contributed by atoms with Crippen LogP contribution in [0.15, 0.2) is 0 Å². The average Bonchev–Trinajstić information content (AvgIpc) is 3.31. The number of amides is 2. The standard InChI is InChI=1S/C15H24N2O3/c18-14(19)12-5-6-13(7-12)16-15(20)17(8-10-1-2-10)9-11-3-4-11/h10-13H,1-9H2,(H,16,20)(H,18,19)/t12-,13+/m1/s1. The van der Waals surface area contributed by atoms with E-state index in [1.54, 1.807) is 0 Å². The van der Waals surface area contributed by atoms with Gasteiger partial charge in [-0.1, -0.05) is 0 Å². The second-order valence-corrected chi connectivity index (χ2v) is 6.79. The molecule has 0 spiro atoms. The van der Waals surface area contributed by atoms with Gasteiger partial charge >= 0.3 is 12.0 Å². The summed E-state index contributed by atoms with van der Waals surface area (Å²) in [6, 6.07) is 0.0735. The van der Waals surface area contributed by atoms with Crippen molar-refractivity contribution >= 4 is 12.0 Å². The molecule has 0 radical (unpaired) electrons. The molecule has 3 aliphatic rings. The van der Waals surface area contributed by atoms with Crippen molar-refractivity contribution < 1.29 is 14.7 Å². The van der Waals surface area contributed by atoms with Gasteiger partial charge in [-0.15, -0.1) is 0 Å². The Bertz CT molecular complexity index is 377. The predicted octanol–water partition coefficient (Wildman–Crippen LogP) is 2.07. The molecule has 0 aromatic heterocycles. The lowest BCUT2D eigenvalue weighted by atomic mass is 10.1. The monoisotopic (exact) mass is 280 g/mol. The van der Waals surface area contributed by atoms with E-state index in [9.17, 15) is 9.59 Å². The van der Waals surface area contributed by atoms with Crippen LogP contribution in [-0.2, 0) is 4.79 Å². The summed E-state index contributed by atoms with van der Waals surface area (Å²) in [5.41, 5.74) is 0. The molecule has 3 saturated carbocycles. The summed E-state index contributed by atoms with van der Waals surface area (Å²) < 4.78 is 0. The van der Waals surface area contributed by atoms with Crippen molar-refractivity contribution in [2.45, 2.75) is 51.0 Å². The van der Waals surface area contributed by atoms with Gasteiger partial charge in [-0.25, -0.2) is 4.79 Å². The SMILES string of the molecule is O=C(O)[C@@H]1CC[C@H](NC(=O)N(CC2CC2)CC2CC2)C1. The molecule has 2 N–H and O–H groups in total. The number of aliphatic carboxylic acids is 1. The molecule has 0 aliphatic heterocycles. The molecule has 0 bridgehead atoms. The number of carboxylic acids is 1. The van der Waals surface area contributed by atoms with Crippen LogP contribution in [0, 0.1) is 17.8 Å². The highest BCUT2D eigenvalue weighted by Crippen LogP contribution is 2.34. The molecule has 5 heteroatoms. The molecule has 5 nitrogen and oxygen atoms in total. The fourth-order valence-corrected chi connectivity index (χ4v) is 3.07. The highest BCUT2D eigenvalue weighted by atomic mass is 16.4. The van der Waals surface area contributed by atoms with Gasteiger partial charge in [0.2, 0.25) is 0 Å². The molecule has 3 fully saturated rings. The summed E-state index contributed by atoms with van der Waals surface area (Å²) in [5.74, 6) is 0.403. The summed E-state index contributed by atoms with van der Waals surface area (Å²) in [5, 5.41) is 12.1. The summed E-state index contributed by atoms with van der Waals surface area (Å²) >= 11 is 0. The maximum absolute atomic E-state index is 12.4. The van der Waals surface area contributed by atoms with E-state index in [1.807, 2.05) is 4.90 Å². The van der Waals surface area contributed by atoms with Gasteiger partial charge in [-0.3, -0.25) is 4.79 Å². The van der Waals surface area contributed by atoms with Crippen LogP contribution in [-0.4, -0.2) is 41.1 Å². The number of carbonyl (C=O) groups excluding carboxylic acids is 1. The number of nitrogens with zero attached hydrogens (tertiary/aromatic N) is 1. The van der Waals surface area contributed by atoms with E-state index < -0.39 is 5.97 Å². The lowest BCUT2D eigenvalue weighted by Gasteiger charge is -2.25. The molecule has 0 aromatic rings. The third-order valence-electron chi connectivity index (χ3n) is 4.75. The van der Waals surface area contributed by atoms with E-state index in [4.69, 9.17) is 5.11 Å². The zero-order chi connectivity index (χ0) is 14.1. The Morgan fingerprint density at radius 3 is 2.05 bits per heavy atom. The van der Waals surface area contributed by atoms with E-state index in [0.29, 0.717) is 24.7 Å². The largest absolute Gasteiger partial charge is 0.481 e. The molecule has 0 heterocycles. The van der Waals surface area contributed by atoms with E-state index in [0.717, 1.165) is 19.5 Å². The van der Waals surface area contributed by atoms with Crippen LogP contribution in [0.4, 0.5) is 4.79 Å². The first-order chi connectivity index (χ1) is 9.61. The molecule has 3 rings (SSSR count). The predicted molar refractivity (Wildman–Crippen MR) is 74.3 cm³/mol. The quantitative estimate of drug-likeness (QED) is 0.782. The van der Waals surface area contributed by atoms with Crippen molar-refractivity contribution in [2.75, 3.05) is 13.1 Å². The smallest absolute Gasteiger partial charge is 0.317 e. The number of carboxylic acid groups (broad SMARTS) is 1. The lowest BCUT2D eigenvalue weighted by Crippen LogP contribution is -2.45. The van der Waals surface area contributed by atoms with Crippen LogP contribution in [0.5, 0.6) is 0 Å². The fraction of sp³-hybridized carbons (Fsp3) is 0.867. The summed E-state index contributed by atoms with van der Waals surface area (Å²) in [7, 11) is 0. The Morgan fingerprint density at radius 2 is 1.60 bits per heavy atom. The Balaban J connectivity index is 1.49. The number of rotatable bonds is 6. The van der Waals surface area contributed by atoms with Gasteiger partial charge in [-0.05, 0) is 56.8 Å². The number of hydrogen-bond donors (Lipinski definition) is 2. The molecular formula is C15H24N2O3. The van der Waals surface area contributed by atoms with Crippen LogP contribution < -0.4 is 5.32 Å². The minimum absolute atomic E-state index is 0.0276. The molecule has 2 atom stereocenters. The lowest BCUT2D eigenvalue weighted by molar-refractivity contribution is -0.141. The Morgan fingerprint density at radius 1 is 1.00 bits per heavy atom. The zero-order valence-corrected chi connectivity index (χ0v) is 11.9. The van der Waals surface area contributed by atoms with E-state index in [-0.39, 0.29) is 18.0 Å². The van der Waals surface area contributed by atoms with Crippen LogP contribution >= 0.6 is 0 Å². The van der Waals surface area contributed by atoms with Crippen molar-refractivity contribution in [3.8, 4) is 0 Å². The van der Waals surface area contributed by atoms with Crippen molar-refractivity contribution in [2.24, 2.45) is 17.8 Å². The normalized spacial score (nSPS) is 29.2. The Labute approximate surface area is 119 Å². The fourth-order valence-electron chi connectivity index (χ4n) is 3.07. The van der Waals surface area contributed by atoms with Crippen LogP contribution in [0.3, 0.4) is 0 Å². The number of urea groups is 1. The third-order valence-corrected chi connectivity index (χ3v) is 4.75. The third kappa shape index (κ3) is 3.64. The summed E-state index contributed by atoms with van der Waals surface area (Å²) in [6.07, 6.45) is 7.06. The number of carbonyl (C=O) groups is 2. The second-order valence-electron chi connectivity index (χ2n) is 6.79. The molecule has 0 aromatic carbocycles. The maximum Gasteiger partial charge on any atom is 0.317 e. The van der Waals surface area contributed by atoms with E-state index in [1.165, 1.54) is 25.7 Å². The first kappa shape index (κ1) is 13.7. The van der Waals surface area contributed by atoms with Crippen molar-refractivity contribution in [1.29, 1.82) is 0 Å². The van der Waals surface area contributed by atoms with Gasteiger partial charge in [0.1, 0.15) is 0 Å². The molecule has 2 amide bonds. The van der Waals surface area contributed by atoms with E-state index >= 15 is 0 Å². The van der Waals surface area contributed by atoms with Crippen LogP contribution in [0.25, 0.3) is 0 Å². The van der Waals surface area contributed by atoms with E-state index in [2.05, 4.69) is 5.32 Å². The van der Waals surface area contributed by atoms with Crippen LogP contribution in [0.1, 0.15) is 44.9 Å². The van der Waals surface area contributed by atoms with Gasteiger partial charge in [0.05, 0.1) is 5.92 Å². The van der Waals surface area contributed by atoms with Gasteiger partial charge in [-0.2, -0.15) is 0 Å². The van der Waals surface area contributed by atoms with Crippen molar-refractivity contribution in [3.63, 3.8) is 0 Å². The zero-order valence-electron chi connectivity index (χ0n) is 11.9. The summed E-state index contributed by atoms with van der Waals surface area (Å²) in [4.78, 5) is 25.3. The molecule has 112 valence electrons. The van der Waals surface area contributed by atoms with Gasteiger partial charge in [0.25, 0.3) is 0 Å². The molecule has 3 aliphatic carbocycles. The number of hydrogen-bond acceptors (Lipinski definition) is 2.